The third-order valence-electron chi connectivity index (χ3n) is 5.75. The van der Waals surface area contributed by atoms with Crippen molar-refractivity contribution in [3.8, 4) is 0 Å². The van der Waals surface area contributed by atoms with Crippen LogP contribution in [-0.2, 0) is 11.2 Å². The number of benzene rings is 1. The van der Waals surface area contributed by atoms with E-state index in [-0.39, 0.29) is 5.91 Å². The second-order valence-corrected chi connectivity index (χ2v) is 7.57. The van der Waals surface area contributed by atoms with Crippen LogP contribution in [-0.4, -0.2) is 53.8 Å². The minimum atomic E-state index is -0.411. The molecule has 0 unspecified atom stereocenters. The second-order valence-electron chi connectivity index (χ2n) is 7.57. The van der Waals surface area contributed by atoms with Gasteiger partial charge in [-0.25, -0.2) is 0 Å². The topological polar surface area (TPSA) is 66.6 Å². The summed E-state index contributed by atoms with van der Waals surface area (Å²) >= 11 is 0. The summed E-state index contributed by atoms with van der Waals surface area (Å²) in [6.07, 6.45) is 8.53. The Balaban J connectivity index is 1.45. The first-order valence-corrected chi connectivity index (χ1v) is 9.80. The molecule has 5 nitrogen and oxygen atoms in total. The molecule has 3 rings (SSSR count). The Bertz CT molecular complexity index is 645. The van der Waals surface area contributed by atoms with Crippen LogP contribution in [0.5, 0.6) is 0 Å². The molecule has 26 heavy (non-hydrogen) atoms. The van der Waals surface area contributed by atoms with Crippen LogP contribution in [0, 0.1) is 13.3 Å². The summed E-state index contributed by atoms with van der Waals surface area (Å²) in [7, 11) is 0. The predicted molar refractivity (Wildman–Crippen MR) is 103 cm³/mol. The summed E-state index contributed by atoms with van der Waals surface area (Å²) in [5, 5.41) is 0. The Morgan fingerprint density at radius 2 is 1.81 bits per heavy atom. The van der Waals surface area contributed by atoms with Gasteiger partial charge in [-0.1, -0.05) is 18.6 Å². The molecule has 141 valence electrons. The van der Waals surface area contributed by atoms with E-state index in [0.717, 1.165) is 37.1 Å². The van der Waals surface area contributed by atoms with E-state index < -0.39 is 5.91 Å². The lowest BCUT2D eigenvalue weighted by Crippen LogP contribution is -2.48. The third kappa shape index (κ3) is 4.64. The van der Waals surface area contributed by atoms with E-state index in [2.05, 4.69) is 4.90 Å². The van der Waals surface area contributed by atoms with E-state index in [1.165, 1.54) is 32.4 Å². The fraction of sp³-hybridized carbons (Fsp3) is 0.571. The average Bonchev–Trinajstić information content (AvgIpc) is 2.66. The number of nitrogens with two attached hydrogens (primary N) is 1. The van der Waals surface area contributed by atoms with Gasteiger partial charge in [0, 0.05) is 24.7 Å². The molecule has 1 aromatic carbocycles. The van der Waals surface area contributed by atoms with Crippen molar-refractivity contribution in [3.05, 3.63) is 41.3 Å². The highest BCUT2D eigenvalue weighted by Gasteiger charge is 2.27. The van der Waals surface area contributed by atoms with Crippen molar-refractivity contribution in [1.82, 2.24) is 9.80 Å². The van der Waals surface area contributed by atoms with Gasteiger partial charge in [0.15, 0.2) is 0 Å². The molecular formula is C21H30N3O2. The van der Waals surface area contributed by atoms with Gasteiger partial charge >= 0.3 is 0 Å². The molecule has 2 fully saturated rings. The van der Waals surface area contributed by atoms with Crippen LogP contribution in [0.1, 0.15) is 53.6 Å². The maximum atomic E-state index is 12.5. The summed E-state index contributed by atoms with van der Waals surface area (Å²) in [5.41, 5.74) is 7.77. The fourth-order valence-electron chi connectivity index (χ4n) is 4.20. The van der Waals surface area contributed by atoms with Crippen molar-refractivity contribution in [2.24, 2.45) is 5.73 Å². The van der Waals surface area contributed by atoms with E-state index in [1.807, 2.05) is 24.0 Å². The second kappa shape index (κ2) is 8.67. The van der Waals surface area contributed by atoms with Gasteiger partial charge in [0.1, 0.15) is 0 Å². The zero-order valence-corrected chi connectivity index (χ0v) is 15.7. The Hall–Kier alpha value is -1.88. The molecule has 0 aliphatic carbocycles. The molecule has 0 bridgehead atoms. The largest absolute Gasteiger partial charge is 0.366 e. The number of aryl methyl sites for hydroxylation is 1. The molecule has 2 N–H and O–H groups in total. The number of hydrogen-bond acceptors (Lipinski definition) is 3. The summed E-state index contributed by atoms with van der Waals surface area (Å²) in [6.45, 7) is 6.04. The zero-order valence-electron chi connectivity index (χ0n) is 15.7. The summed E-state index contributed by atoms with van der Waals surface area (Å²) in [5.74, 6) is -0.288. The first kappa shape index (κ1) is 18.9. The monoisotopic (exact) mass is 356 g/mol. The van der Waals surface area contributed by atoms with Gasteiger partial charge in [-0.05, 0) is 69.3 Å². The number of rotatable bonds is 5. The minimum Gasteiger partial charge on any atom is -0.366 e. The Morgan fingerprint density at radius 1 is 1.12 bits per heavy atom. The molecule has 0 spiro atoms. The lowest BCUT2D eigenvalue weighted by atomic mass is 9.99. The smallest absolute Gasteiger partial charge is 0.248 e. The van der Waals surface area contributed by atoms with Crippen LogP contribution in [0.2, 0.25) is 0 Å². The van der Waals surface area contributed by atoms with Crippen LogP contribution < -0.4 is 5.73 Å². The molecule has 2 aliphatic heterocycles. The number of carbonyl (C=O) groups is 2. The van der Waals surface area contributed by atoms with Gasteiger partial charge in [0.05, 0.1) is 6.42 Å². The molecule has 1 aromatic rings. The number of hydrogen-bond donors (Lipinski definition) is 1. The van der Waals surface area contributed by atoms with Crippen LogP contribution in [0.25, 0.3) is 0 Å². The molecule has 2 saturated heterocycles. The first-order valence-electron chi connectivity index (χ1n) is 9.80. The highest BCUT2D eigenvalue weighted by Crippen LogP contribution is 2.21. The first-order chi connectivity index (χ1) is 12.5. The van der Waals surface area contributed by atoms with Crippen LogP contribution in [0.3, 0.4) is 0 Å². The zero-order chi connectivity index (χ0) is 18.5. The standard InChI is InChI=1S/C21H30N3O2/c1-16-15-17(5-7-19(16)21(22)26)6-8-20(25)24-13-9-18(10-14-24)23-11-3-2-4-12-23/h5,7-8,15,18H,2-4,6,9-14H2,1H3,(H2,22,26). The fourth-order valence-corrected chi connectivity index (χ4v) is 4.20. The van der Waals surface area contributed by atoms with E-state index >= 15 is 0 Å². The maximum absolute atomic E-state index is 12.5. The van der Waals surface area contributed by atoms with E-state index in [0.29, 0.717) is 18.0 Å². The molecule has 0 atom stereocenters. The minimum absolute atomic E-state index is 0.124. The van der Waals surface area contributed by atoms with Crippen molar-refractivity contribution < 1.29 is 9.59 Å². The van der Waals surface area contributed by atoms with Crippen molar-refractivity contribution in [2.75, 3.05) is 26.2 Å². The number of carbonyl (C=O) groups excluding carboxylic acids is 2. The predicted octanol–water partition coefficient (Wildman–Crippen LogP) is 2.32. The molecule has 2 heterocycles. The third-order valence-corrected chi connectivity index (χ3v) is 5.75. The Labute approximate surface area is 156 Å². The van der Waals surface area contributed by atoms with E-state index in [4.69, 9.17) is 5.73 Å². The molecular weight excluding hydrogens is 326 g/mol. The molecule has 5 heteroatoms. The van der Waals surface area contributed by atoms with Crippen molar-refractivity contribution >= 4 is 11.8 Å². The van der Waals surface area contributed by atoms with Crippen LogP contribution >= 0.6 is 0 Å². The van der Waals surface area contributed by atoms with E-state index in [1.54, 1.807) is 12.5 Å². The molecule has 1 radical (unpaired) electrons. The highest BCUT2D eigenvalue weighted by molar-refractivity contribution is 5.94. The maximum Gasteiger partial charge on any atom is 0.248 e. The van der Waals surface area contributed by atoms with Crippen molar-refractivity contribution in [3.63, 3.8) is 0 Å². The number of nitrogens with zero attached hydrogens (tertiary/aromatic N) is 2. The summed E-state index contributed by atoms with van der Waals surface area (Å²) in [4.78, 5) is 28.4. The van der Waals surface area contributed by atoms with Gasteiger partial charge in [-0.3, -0.25) is 9.59 Å². The van der Waals surface area contributed by atoms with Gasteiger partial charge in [0.2, 0.25) is 11.8 Å². The van der Waals surface area contributed by atoms with Crippen LogP contribution in [0.4, 0.5) is 0 Å². The Kier molecular flexibility index (Phi) is 6.30. The molecule has 2 amide bonds. The van der Waals surface area contributed by atoms with Gasteiger partial charge in [-0.2, -0.15) is 0 Å². The van der Waals surface area contributed by atoms with Crippen molar-refractivity contribution in [1.29, 1.82) is 0 Å². The molecule has 0 saturated carbocycles. The number of primary amides is 1. The number of likely N-dealkylation sites (tertiary alicyclic amines) is 2. The highest BCUT2D eigenvalue weighted by atomic mass is 16.2. The van der Waals surface area contributed by atoms with E-state index in [9.17, 15) is 9.59 Å². The van der Waals surface area contributed by atoms with Crippen molar-refractivity contribution in [2.45, 2.75) is 51.5 Å². The lowest BCUT2D eigenvalue weighted by Gasteiger charge is -2.40. The normalized spacial score (nSPS) is 19.5. The quantitative estimate of drug-likeness (QED) is 0.880. The number of amides is 2. The average molecular weight is 356 g/mol. The SMILES string of the molecule is Cc1cc(C[CH]C(=O)N2CCC(N3CCCCC3)CC2)ccc1C(N)=O. The molecule has 2 aliphatic rings. The summed E-state index contributed by atoms with van der Waals surface area (Å²) < 4.78 is 0. The van der Waals surface area contributed by atoms with Gasteiger partial charge in [0.25, 0.3) is 0 Å². The number of piperidine rings is 2. The molecule has 0 aromatic heterocycles. The summed E-state index contributed by atoms with van der Waals surface area (Å²) in [6, 6.07) is 6.21. The van der Waals surface area contributed by atoms with Gasteiger partial charge < -0.3 is 15.5 Å². The Morgan fingerprint density at radius 3 is 2.42 bits per heavy atom. The van der Waals surface area contributed by atoms with Gasteiger partial charge in [-0.15, -0.1) is 0 Å². The lowest BCUT2D eigenvalue weighted by molar-refractivity contribution is -0.129. The van der Waals surface area contributed by atoms with Crippen LogP contribution in [0.15, 0.2) is 18.2 Å².